The first-order valence-corrected chi connectivity index (χ1v) is 10.9. The van der Waals surface area contributed by atoms with Gasteiger partial charge in [0.15, 0.2) is 5.65 Å². The van der Waals surface area contributed by atoms with E-state index < -0.39 is 0 Å². The molecule has 0 amide bonds. The quantitative estimate of drug-likeness (QED) is 0.542. The average Bonchev–Trinajstić information content (AvgIpc) is 3.18. The van der Waals surface area contributed by atoms with Crippen LogP contribution in [-0.2, 0) is 6.54 Å². The SMILES string of the molecule is Cc1cc(-c2c(-c3cccc(C#N)c3)nn3ccc(CN4CCNCC4)nc23)cc(C)n1. The molecule has 4 heterocycles. The minimum absolute atomic E-state index is 0.611. The van der Waals surface area contributed by atoms with E-state index in [9.17, 15) is 5.26 Å². The molecule has 0 bridgehead atoms. The minimum Gasteiger partial charge on any atom is -0.314 e. The number of rotatable bonds is 4. The summed E-state index contributed by atoms with van der Waals surface area (Å²) in [7, 11) is 0. The van der Waals surface area contributed by atoms with Crippen LogP contribution in [0.25, 0.3) is 28.0 Å². The Morgan fingerprint density at radius 3 is 2.53 bits per heavy atom. The van der Waals surface area contributed by atoms with E-state index in [2.05, 4.69) is 33.4 Å². The van der Waals surface area contributed by atoms with Crippen LogP contribution in [0.2, 0.25) is 0 Å². The van der Waals surface area contributed by atoms with Gasteiger partial charge in [-0.3, -0.25) is 9.88 Å². The molecule has 1 saturated heterocycles. The molecule has 32 heavy (non-hydrogen) atoms. The molecule has 7 nitrogen and oxygen atoms in total. The van der Waals surface area contributed by atoms with E-state index in [0.29, 0.717) is 5.56 Å². The van der Waals surface area contributed by atoms with Gasteiger partial charge in [-0.1, -0.05) is 12.1 Å². The molecule has 7 heteroatoms. The molecule has 0 radical (unpaired) electrons. The van der Waals surface area contributed by atoms with Crippen LogP contribution >= 0.6 is 0 Å². The number of hydrogen-bond acceptors (Lipinski definition) is 6. The van der Waals surface area contributed by atoms with Crippen molar-refractivity contribution in [3.63, 3.8) is 0 Å². The molecule has 0 aliphatic carbocycles. The second-order valence-corrected chi connectivity index (χ2v) is 8.27. The van der Waals surface area contributed by atoms with Crippen LogP contribution in [0.3, 0.4) is 0 Å². The molecule has 1 N–H and O–H groups in total. The highest BCUT2D eigenvalue weighted by Crippen LogP contribution is 2.35. The van der Waals surface area contributed by atoms with E-state index in [1.165, 1.54) is 0 Å². The van der Waals surface area contributed by atoms with E-state index in [0.717, 1.165) is 77.8 Å². The van der Waals surface area contributed by atoms with Crippen molar-refractivity contribution in [3.8, 4) is 28.5 Å². The van der Waals surface area contributed by atoms with Gasteiger partial charge in [-0.15, -0.1) is 0 Å². The van der Waals surface area contributed by atoms with Crippen LogP contribution in [0.5, 0.6) is 0 Å². The van der Waals surface area contributed by atoms with Gasteiger partial charge >= 0.3 is 0 Å². The van der Waals surface area contributed by atoms with Crippen molar-refractivity contribution in [2.45, 2.75) is 20.4 Å². The second-order valence-electron chi connectivity index (χ2n) is 8.27. The second kappa shape index (κ2) is 8.50. The summed E-state index contributed by atoms with van der Waals surface area (Å²) >= 11 is 0. The van der Waals surface area contributed by atoms with Gasteiger partial charge in [0.2, 0.25) is 0 Å². The predicted molar refractivity (Wildman–Crippen MR) is 124 cm³/mol. The lowest BCUT2D eigenvalue weighted by atomic mass is 9.99. The number of pyridine rings is 1. The van der Waals surface area contributed by atoms with Gasteiger partial charge < -0.3 is 5.32 Å². The lowest BCUT2D eigenvalue weighted by Gasteiger charge is -2.26. The van der Waals surface area contributed by atoms with Crippen LogP contribution in [0.4, 0.5) is 0 Å². The molecule has 160 valence electrons. The van der Waals surface area contributed by atoms with Crippen LogP contribution in [0.1, 0.15) is 22.6 Å². The van der Waals surface area contributed by atoms with Crippen molar-refractivity contribution >= 4 is 5.65 Å². The Labute approximate surface area is 187 Å². The fourth-order valence-corrected chi connectivity index (χ4v) is 4.34. The van der Waals surface area contributed by atoms with Crippen molar-refractivity contribution < 1.29 is 0 Å². The molecule has 0 unspecified atom stereocenters. The normalized spacial score (nSPS) is 14.5. The van der Waals surface area contributed by atoms with E-state index in [1.54, 1.807) is 0 Å². The monoisotopic (exact) mass is 423 g/mol. The first-order valence-electron chi connectivity index (χ1n) is 10.9. The lowest BCUT2D eigenvalue weighted by Crippen LogP contribution is -2.43. The molecule has 0 atom stereocenters. The van der Waals surface area contributed by atoms with Crippen LogP contribution in [0.15, 0.2) is 48.7 Å². The van der Waals surface area contributed by atoms with Crippen molar-refractivity contribution in [1.82, 2.24) is 29.8 Å². The number of aryl methyl sites for hydroxylation is 2. The molecule has 1 aromatic carbocycles. The third kappa shape index (κ3) is 3.98. The lowest BCUT2D eigenvalue weighted by molar-refractivity contribution is 0.231. The molecule has 1 aliphatic heterocycles. The Kier molecular flexibility index (Phi) is 5.39. The number of piperazine rings is 1. The maximum atomic E-state index is 9.39. The van der Waals surface area contributed by atoms with Crippen LogP contribution in [0, 0.1) is 25.2 Å². The zero-order valence-corrected chi connectivity index (χ0v) is 18.3. The fourth-order valence-electron chi connectivity index (χ4n) is 4.34. The van der Waals surface area contributed by atoms with Gasteiger partial charge in [-0.25, -0.2) is 9.50 Å². The third-order valence-electron chi connectivity index (χ3n) is 5.77. The van der Waals surface area contributed by atoms with Crippen molar-refractivity contribution in [3.05, 3.63) is 71.3 Å². The molecule has 5 rings (SSSR count). The summed E-state index contributed by atoms with van der Waals surface area (Å²) in [6.07, 6.45) is 1.99. The highest BCUT2D eigenvalue weighted by atomic mass is 15.3. The van der Waals surface area contributed by atoms with Gasteiger partial charge in [0.25, 0.3) is 0 Å². The number of hydrogen-bond donors (Lipinski definition) is 1. The Bertz CT molecular complexity index is 1310. The summed E-state index contributed by atoms with van der Waals surface area (Å²) in [5.41, 5.74) is 8.09. The van der Waals surface area contributed by atoms with Crippen LogP contribution < -0.4 is 5.32 Å². The summed E-state index contributed by atoms with van der Waals surface area (Å²) in [4.78, 5) is 12.0. The molecule has 4 aromatic rings. The molecule has 1 aliphatic rings. The number of nitrogens with zero attached hydrogens (tertiary/aromatic N) is 6. The largest absolute Gasteiger partial charge is 0.314 e. The van der Waals surface area contributed by atoms with Gasteiger partial charge in [0, 0.05) is 55.9 Å². The van der Waals surface area contributed by atoms with Gasteiger partial charge in [0.05, 0.1) is 22.9 Å². The van der Waals surface area contributed by atoms with E-state index in [-0.39, 0.29) is 0 Å². The zero-order valence-electron chi connectivity index (χ0n) is 18.3. The maximum Gasteiger partial charge on any atom is 0.163 e. The molecule has 1 fully saturated rings. The smallest absolute Gasteiger partial charge is 0.163 e. The van der Waals surface area contributed by atoms with Gasteiger partial charge in [0.1, 0.15) is 5.69 Å². The highest BCUT2D eigenvalue weighted by Gasteiger charge is 2.20. The number of nitrogens with one attached hydrogen (secondary N) is 1. The molecule has 0 spiro atoms. The standard InChI is InChI=1S/C25H25N7/c1-17-12-21(13-18(2)28-17)23-24(20-5-3-4-19(14-20)15-26)30-32-9-6-22(29-25(23)32)16-31-10-7-27-8-11-31/h3-6,9,12-14,27H,7-8,10-11,16H2,1-2H3. The summed E-state index contributed by atoms with van der Waals surface area (Å²) in [5, 5.41) is 17.7. The molecular weight excluding hydrogens is 398 g/mol. The topological polar surface area (TPSA) is 82.1 Å². The number of fused-ring (bicyclic) bond motifs is 1. The van der Waals surface area contributed by atoms with Crippen molar-refractivity contribution in [2.24, 2.45) is 0 Å². The number of aromatic nitrogens is 4. The van der Waals surface area contributed by atoms with E-state index in [4.69, 9.17) is 10.1 Å². The summed E-state index contributed by atoms with van der Waals surface area (Å²) < 4.78 is 1.84. The summed E-state index contributed by atoms with van der Waals surface area (Å²) in [5.74, 6) is 0. The molecular formula is C25H25N7. The van der Waals surface area contributed by atoms with E-state index >= 15 is 0 Å². The third-order valence-corrected chi connectivity index (χ3v) is 5.77. The summed E-state index contributed by atoms with van der Waals surface area (Å²) in [6.45, 7) is 8.88. The van der Waals surface area contributed by atoms with Gasteiger partial charge in [-0.2, -0.15) is 10.4 Å². The molecule has 0 saturated carbocycles. The minimum atomic E-state index is 0.611. The van der Waals surface area contributed by atoms with Crippen LogP contribution in [-0.4, -0.2) is 50.7 Å². The molecule has 3 aromatic heterocycles. The number of nitriles is 1. The van der Waals surface area contributed by atoms with E-state index in [1.807, 2.05) is 54.9 Å². The zero-order chi connectivity index (χ0) is 22.1. The van der Waals surface area contributed by atoms with Gasteiger partial charge in [-0.05, 0) is 49.7 Å². The predicted octanol–water partition coefficient (Wildman–Crippen LogP) is 3.35. The highest BCUT2D eigenvalue weighted by molar-refractivity contribution is 5.90. The Balaban J connectivity index is 1.69. The Morgan fingerprint density at radius 2 is 1.78 bits per heavy atom. The fraction of sp³-hybridized carbons (Fsp3) is 0.280. The summed E-state index contributed by atoms with van der Waals surface area (Å²) in [6, 6.07) is 16.0. The maximum absolute atomic E-state index is 9.39. The first-order chi connectivity index (χ1) is 15.6. The Hall–Kier alpha value is -3.60. The Morgan fingerprint density at radius 1 is 1.00 bits per heavy atom. The van der Waals surface area contributed by atoms with Crippen molar-refractivity contribution in [1.29, 1.82) is 5.26 Å². The first kappa shape index (κ1) is 20.3. The number of benzene rings is 1. The average molecular weight is 424 g/mol. The van der Waals surface area contributed by atoms with Crippen molar-refractivity contribution in [2.75, 3.05) is 26.2 Å².